The average molecular weight is 446 g/mol. The number of aromatic nitrogens is 7. The summed E-state index contributed by atoms with van der Waals surface area (Å²) in [5, 5.41) is 14.9. The topological polar surface area (TPSA) is 85.2 Å². The molecule has 1 N–H and O–H groups in total. The SMILES string of the molecule is Fc1ccc(-c2c(-c3cc(-c4nn[nH]n4)ccn3)ncn2CCc2ccccc2Cl)cc1. The summed E-state index contributed by atoms with van der Waals surface area (Å²) in [6.45, 7) is 0.647. The number of rotatable bonds is 6. The van der Waals surface area contributed by atoms with Crippen molar-refractivity contribution in [1.82, 2.24) is 35.2 Å². The quantitative estimate of drug-likeness (QED) is 0.404. The molecule has 3 aromatic heterocycles. The van der Waals surface area contributed by atoms with Gasteiger partial charge in [-0.1, -0.05) is 29.8 Å². The van der Waals surface area contributed by atoms with Gasteiger partial charge in [0.25, 0.3) is 0 Å². The number of imidazole rings is 1. The van der Waals surface area contributed by atoms with Gasteiger partial charge >= 0.3 is 0 Å². The first-order chi connectivity index (χ1) is 15.7. The lowest BCUT2D eigenvalue weighted by Crippen LogP contribution is -2.03. The smallest absolute Gasteiger partial charge is 0.204 e. The summed E-state index contributed by atoms with van der Waals surface area (Å²) >= 11 is 6.34. The van der Waals surface area contributed by atoms with Crippen molar-refractivity contribution in [3.05, 3.63) is 89.6 Å². The van der Waals surface area contributed by atoms with Crippen LogP contribution in [0, 0.1) is 5.82 Å². The van der Waals surface area contributed by atoms with Gasteiger partial charge in [0.1, 0.15) is 11.5 Å². The molecule has 0 fully saturated rings. The lowest BCUT2D eigenvalue weighted by atomic mass is 10.1. The minimum atomic E-state index is -0.297. The first-order valence-electron chi connectivity index (χ1n) is 9.94. The summed E-state index contributed by atoms with van der Waals surface area (Å²) in [5.74, 6) is 0.171. The third kappa shape index (κ3) is 4.00. The van der Waals surface area contributed by atoms with E-state index in [1.165, 1.54) is 12.1 Å². The van der Waals surface area contributed by atoms with Gasteiger partial charge in [0.15, 0.2) is 0 Å². The Hall–Kier alpha value is -3.91. The third-order valence-electron chi connectivity index (χ3n) is 5.14. The van der Waals surface area contributed by atoms with Crippen LogP contribution in [-0.4, -0.2) is 35.2 Å². The number of H-pyrrole nitrogens is 1. The average Bonchev–Trinajstić information content (AvgIpc) is 3.50. The number of nitrogens with one attached hydrogen (secondary N) is 1. The molecule has 0 saturated heterocycles. The second-order valence-corrected chi connectivity index (χ2v) is 7.56. The number of halogens is 2. The van der Waals surface area contributed by atoms with Gasteiger partial charge in [0.05, 0.1) is 17.7 Å². The molecule has 0 unspecified atom stereocenters. The van der Waals surface area contributed by atoms with E-state index in [-0.39, 0.29) is 5.82 Å². The Kier molecular flexibility index (Phi) is 5.43. The van der Waals surface area contributed by atoms with E-state index in [9.17, 15) is 4.39 Å². The highest BCUT2D eigenvalue weighted by Gasteiger charge is 2.18. The largest absolute Gasteiger partial charge is 0.330 e. The maximum Gasteiger partial charge on any atom is 0.204 e. The first-order valence-corrected chi connectivity index (χ1v) is 10.3. The lowest BCUT2D eigenvalue weighted by Gasteiger charge is -2.11. The van der Waals surface area contributed by atoms with Crippen LogP contribution >= 0.6 is 11.6 Å². The highest BCUT2D eigenvalue weighted by molar-refractivity contribution is 6.31. The molecule has 158 valence electrons. The Bertz CT molecular complexity index is 1350. The summed E-state index contributed by atoms with van der Waals surface area (Å²) in [4.78, 5) is 9.16. The minimum absolute atomic E-state index is 0.297. The molecule has 7 nitrogen and oxygen atoms in total. The van der Waals surface area contributed by atoms with Crippen LogP contribution in [0.15, 0.2) is 73.2 Å². The normalized spacial score (nSPS) is 11.1. The van der Waals surface area contributed by atoms with E-state index in [0.717, 1.165) is 33.8 Å². The van der Waals surface area contributed by atoms with Crippen LogP contribution in [0.3, 0.4) is 0 Å². The Balaban J connectivity index is 1.57. The van der Waals surface area contributed by atoms with Gasteiger partial charge in [-0.05, 0) is 59.7 Å². The van der Waals surface area contributed by atoms with E-state index in [1.807, 2.05) is 34.9 Å². The fourth-order valence-corrected chi connectivity index (χ4v) is 3.81. The maximum absolute atomic E-state index is 13.6. The molecule has 0 aliphatic carbocycles. The van der Waals surface area contributed by atoms with E-state index in [0.29, 0.717) is 23.8 Å². The molecule has 0 bridgehead atoms. The predicted octanol–water partition coefficient (Wildman–Crippen LogP) is 4.83. The molecule has 0 aliphatic rings. The van der Waals surface area contributed by atoms with Crippen molar-refractivity contribution in [3.8, 4) is 34.0 Å². The number of tetrazole rings is 1. The molecular weight excluding hydrogens is 429 g/mol. The Morgan fingerprint density at radius 2 is 1.81 bits per heavy atom. The van der Waals surface area contributed by atoms with Crippen LogP contribution in [0.4, 0.5) is 4.39 Å². The Morgan fingerprint density at radius 3 is 2.59 bits per heavy atom. The molecule has 0 saturated carbocycles. The van der Waals surface area contributed by atoms with E-state index in [4.69, 9.17) is 11.6 Å². The van der Waals surface area contributed by atoms with E-state index in [1.54, 1.807) is 30.7 Å². The summed E-state index contributed by atoms with van der Waals surface area (Å²) in [6, 6.07) is 17.8. The van der Waals surface area contributed by atoms with E-state index >= 15 is 0 Å². The second kappa shape index (κ2) is 8.68. The third-order valence-corrected chi connectivity index (χ3v) is 5.51. The molecule has 5 rings (SSSR count). The predicted molar refractivity (Wildman–Crippen MR) is 119 cm³/mol. The van der Waals surface area contributed by atoms with Gasteiger partial charge in [-0.15, -0.1) is 10.2 Å². The summed E-state index contributed by atoms with van der Waals surface area (Å²) in [7, 11) is 0. The van der Waals surface area contributed by atoms with Crippen molar-refractivity contribution in [1.29, 1.82) is 0 Å². The Morgan fingerprint density at radius 1 is 0.969 bits per heavy atom. The second-order valence-electron chi connectivity index (χ2n) is 7.15. The Labute approximate surface area is 187 Å². The van der Waals surface area contributed by atoms with Crippen LogP contribution in [-0.2, 0) is 13.0 Å². The first kappa shape index (κ1) is 20.0. The van der Waals surface area contributed by atoms with Gasteiger partial charge in [-0.25, -0.2) is 9.37 Å². The molecule has 0 amide bonds. The number of hydrogen-bond acceptors (Lipinski definition) is 5. The molecule has 3 heterocycles. The minimum Gasteiger partial charge on any atom is -0.330 e. The summed E-state index contributed by atoms with van der Waals surface area (Å²) < 4.78 is 15.6. The number of aryl methyl sites for hydroxylation is 2. The molecule has 9 heteroatoms. The molecule has 0 atom stereocenters. The summed E-state index contributed by atoms with van der Waals surface area (Å²) in [5.41, 5.74) is 4.83. The van der Waals surface area contributed by atoms with Crippen molar-refractivity contribution >= 4 is 11.6 Å². The molecule has 0 aliphatic heterocycles. The zero-order valence-corrected chi connectivity index (χ0v) is 17.5. The molecule has 0 spiro atoms. The van der Waals surface area contributed by atoms with Gasteiger partial charge < -0.3 is 4.57 Å². The van der Waals surface area contributed by atoms with E-state index < -0.39 is 0 Å². The number of benzene rings is 2. The van der Waals surface area contributed by atoms with Crippen LogP contribution in [0.2, 0.25) is 5.02 Å². The van der Waals surface area contributed by atoms with Crippen molar-refractivity contribution in [3.63, 3.8) is 0 Å². The van der Waals surface area contributed by atoms with Crippen LogP contribution in [0.1, 0.15) is 5.56 Å². The fourth-order valence-electron chi connectivity index (χ4n) is 3.57. The van der Waals surface area contributed by atoms with Crippen molar-refractivity contribution < 1.29 is 4.39 Å². The van der Waals surface area contributed by atoms with Gasteiger partial charge in [-0.3, -0.25) is 4.98 Å². The highest BCUT2D eigenvalue weighted by Crippen LogP contribution is 2.32. The zero-order valence-electron chi connectivity index (χ0n) is 16.8. The van der Waals surface area contributed by atoms with E-state index in [2.05, 4.69) is 30.6 Å². The van der Waals surface area contributed by atoms with Gasteiger partial charge in [0.2, 0.25) is 5.82 Å². The lowest BCUT2D eigenvalue weighted by molar-refractivity contribution is 0.628. The monoisotopic (exact) mass is 445 g/mol. The molecule has 0 radical (unpaired) electrons. The van der Waals surface area contributed by atoms with Crippen LogP contribution in [0.25, 0.3) is 34.0 Å². The van der Waals surface area contributed by atoms with Gasteiger partial charge in [0, 0.05) is 28.9 Å². The molecule has 2 aromatic carbocycles. The molecule has 32 heavy (non-hydrogen) atoms. The summed E-state index contributed by atoms with van der Waals surface area (Å²) in [6.07, 6.45) is 4.17. The molecular formula is C23H17ClFN7. The fraction of sp³-hybridized carbons (Fsp3) is 0.0870. The number of aromatic amines is 1. The number of hydrogen-bond donors (Lipinski definition) is 1. The number of nitrogens with zero attached hydrogens (tertiary/aromatic N) is 6. The molecule has 5 aromatic rings. The maximum atomic E-state index is 13.6. The van der Waals surface area contributed by atoms with Crippen molar-refractivity contribution in [2.24, 2.45) is 0 Å². The standard InChI is InChI=1S/C23H17ClFN7/c24-19-4-2-1-3-15(19)10-12-32-14-27-21(22(32)16-5-7-18(25)8-6-16)20-13-17(9-11-26-20)23-28-30-31-29-23/h1-9,11,13-14H,10,12H2,(H,28,29,30,31). The van der Waals surface area contributed by atoms with Crippen molar-refractivity contribution in [2.75, 3.05) is 0 Å². The highest BCUT2D eigenvalue weighted by atomic mass is 35.5. The zero-order chi connectivity index (χ0) is 21.9. The van der Waals surface area contributed by atoms with Gasteiger partial charge in [-0.2, -0.15) is 5.21 Å². The van der Waals surface area contributed by atoms with Crippen LogP contribution < -0.4 is 0 Å². The number of pyridine rings is 1. The van der Waals surface area contributed by atoms with Crippen LogP contribution in [0.5, 0.6) is 0 Å². The van der Waals surface area contributed by atoms with Crippen molar-refractivity contribution in [2.45, 2.75) is 13.0 Å².